The highest BCUT2D eigenvalue weighted by Gasteiger charge is 2.33. The predicted molar refractivity (Wildman–Crippen MR) is 125 cm³/mol. The van der Waals surface area contributed by atoms with Crippen LogP contribution in [0.1, 0.15) is 36.7 Å². The number of nitrogens with one attached hydrogen (secondary N) is 2. The van der Waals surface area contributed by atoms with Crippen molar-refractivity contribution in [3.05, 3.63) is 71.9 Å². The summed E-state index contributed by atoms with van der Waals surface area (Å²) in [5.74, 6) is -0.225. The quantitative estimate of drug-likeness (QED) is 0.364. The maximum Gasteiger partial charge on any atom is 0.418 e. The van der Waals surface area contributed by atoms with E-state index in [0.717, 1.165) is 6.07 Å². The number of esters is 1. The Morgan fingerprint density at radius 2 is 1.61 bits per heavy atom. The van der Waals surface area contributed by atoms with E-state index in [1.807, 2.05) is 0 Å². The second-order valence-electron chi connectivity index (χ2n) is 8.71. The summed E-state index contributed by atoms with van der Waals surface area (Å²) in [5, 5.41) is 17.1. The lowest BCUT2D eigenvalue weighted by Gasteiger charge is -2.19. The Morgan fingerprint density at radius 3 is 2.28 bits per heavy atom. The van der Waals surface area contributed by atoms with Crippen LogP contribution in [0, 0.1) is 0 Å². The summed E-state index contributed by atoms with van der Waals surface area (Å²) in [5.41, 5.74) is -0.682. The number of ether oxygens (including phenoxy) is 1. The molecule has 0 unspecified atom stereocenters. The minimum atomic E-state index is -4.61. The van der Waals surface area contributed by atoms with Gasteiger partial charge < -0.3 is 15.4 Å². The number of urea groups is 1. The Bertz CT molecular complexity index is 1430. The number of carbonyl (C=O) groups is 2. The number of carbonyl (C=O) groups excluding carboxylic acids is 2. The summed E-state index contributed by atoms with van der Waals surface area (Å²) in [7, 11) is 0. The van der Waals surface area contributed by atoms with Crippen LogP contribution in [0.15, 0.2) is 60.8 Å². The van der Waals surface area contributed by atoms with Crippen molar-refractivity contribution >= 4 is 29.0 Å². The number of alkyl halides is 3. The summed E-state index contributed by atoms with van der Waals surface area (Å²) in [6.07, 6.45) is -3.18. The fraction of sp³-hybridized carbons (Fsp3) is 0.208. The van der Waals surface area contributed by atoms with Gasteiger partial charge in [-0.15, -0.1) is 10.2 Å². The summed E-state index contributed by atoms with van der Waals surface area (Å²) < 4.78 is 46.2. The van der Waals surface area contributed by atoms with E-state index in [2.05, 4.69) is 25.9 Å². The number of fused-ring (bicyclic) bond motifs is 1. The van der Waals surface area contributed by atoms with Crippen LogP contribution in [0.4, 0.5) is 29.3 Å². The van der Waals surface area contributed by atoms with Crippen LogP contribution in [0.25, 0.3) is 17.0 Å². The molecule has 12 heteroatoms. The first-order chi connectivity index (χ1) is 16.9. The molecule has 0 radical (unpaired) electrons. The lowest BCUT2D eigenvalue weighted by atomic mass is 10.1. The molecule has 0 bridgehead atoms. The predicted octanol–water partition coefficient (Wildman–Crippen LogP) is 5.41. The van der Waals surface area contributed by atoms with Gasteiger partial charge in [0.1, 0.15) is 11.2 Å². The molecule has 2 aromatic heterocycles. The molecule has 0 aliphatic rings. The number of hydrogen-bond donors (Lipinski definition) is 2. The van der Waals surface area contributed by atoms with Gasteiger partial charge in [-0.1, -0.05) is 12.1 Å². The van der Waals surface area contributed by atoms with Gasteiger partial charge >= 0.3 is 18.2 Å². The van der Waals surface area contributed by atoms with Crippen molar-refractivity contribution < 1.29 is 27.5 Å². The number of benzene rings is 2. The van der Waals surface area contributed by atoms with Crippen molar-refractivity contribution in [3.8, 4) is 11.4 Å². The van der Waals surface area contributed by atoms with Crippen LogP contribution in [-0.2, 0) is 10.9 Å². The zero-order valence-electron chi connectivity index (χ0n) is 19.4. The Morgan fingerprint density at radius 1 is 0.917 bits per heavy atom. The first-order valence-electron chi connectivity index (χ1n) is 10.7. The average Bonchev–Trinajstić information content (AvgIpc) is 3.22. The number of para-hydroxylation sites is 1. The molecule has 4 rings (SSSR count). The highest BCUT2D eigenvalue weighted by Crippen LogP contribution is 2.34. The van der Waals surface area contributed by atoms with E-state index >= 15 is 0 Å². The maximum absolute atomic E-state index is 13.1. The maximum atomic E-state index is 13.1. The lowest BCUT2D eigenvalue weighted by molar-refractivity contribution is -0.136. The molecule has 0 aliphatic heterocycles. The molecule has 4 aromatic rings. The molecule has 0 aliphatic carbocycles. The summed E-state index contributed by atoms with van der Waals surface area (Å²) in [4.78, 5) is 24.8. The molecule has 2 heterocycles. The second kappa shape index (κ2) is 9.29. The minimum absolute atomic E-state index is 0.202. The van der Waals surface area contributed by atoms with E-state index < -0.39 is 29.3 Å². The third-order valence-corrected chi connectivity index (χ3v) is 4.81. The van der Waals surface area contributed by atoms with E-state index in [1.165, 1.54) is 35.0 Å². The van der Waals surface area contributed by atoms with Crippen LogP contribution in [0.3, 0.4) is 0 Å². The fourth-order valence-electron chi connectivity index (χ4n) is 3.31. The smallest absolute Gasteiger partial charge is 0.418 e. The molecule has 0 spiro atoms. The number of rotatable bonds is 4. The second-order valence-corrected chi connectivity index (χ2v) is 8.71. The van der Waals surface area contributed by atoms with Gasteiger partial charge in [0.25, 0.3) is 0 Å². The van der Waals surface area contributed by atoms with Crippen molar-refractivity contribution in [2.75, 3.05) is 10.6 Å². The highest BCUT2D eigenvalue weighted by molar-refractivity contribution is 6.00. The Labute approximate surface area is 203 Å². The molecule has 0 fully saturated rings. The van der Waals surface area contributed by atoms with Crippen molar-refractivity contribution in [1.29, 1.82) is 0 Å². The largest absolute Gasteiger partial charge is 0.456 e. The van der Waals surface area contributed by atoms with Crippen LogP contribution in [0.5, 0.6) is 0 Å². The zero-order chi connectivity index (χ0) is 26.1. The van der Waals surface area contributed by atoms with E-state index in [4.69, 9.17) is 4.74 Å². The van der Waals surface area contributed by atoms with Crippen molar-refractivity contribution in [3.63, 3.8) is 0 Å². The fourth-order valence-corrected chi connectivity index (χ4v) is 3.31. The summed E-state index contributed by atoms with van der Waals surface area (Å²) >= 11 is 0. The number of amides is 2. The van der Waals surface area contributed by atoms with Gasteiger partial charge in [0.15, 0.2) is 11.5 Å². The topological polar surface area (TPSA) is 111 Å². The van der Waals surface area contributed by atoms with E-state index in [1.54, 1.807) is 45.0 Å². The van der Waals surface area contributed by atoms with E-state index in [-0.39, 0.29) is 16.9 Å². The van der Waals surface area contributed by atoms with Gasteiger partial charge in [-0.3, -0.25) is 0 Å². The van der Waals surface area contributed by atoms with Gasteiger partial charge in [-0.2, -0.15) is 22.8 Å². The SMILES string of the molecule is CC(C)(C)OC(=O)c1ccnn2c(-c3ccc(NC(=O)Nc4ccccc4C(F)(F)F)cc3)nnc12. The number of halogens is 3. The van der Waals surface area contributed by atoms with Crippen LogP contribution in [0.2, 0.25) is 0 Å². The first kappa shape index (κ1) is 24.6. The van der Waals surface area contributed by atoms with Crippen molar-refractivity contribution in [1.82, 2.24) is 19.8 Å². The van der Waals surface area contributed by atoms with Crippen LogP contribution < -0.4 is 10.6 Å². The van der Waals surface area contributed by atoms with Gasteiger partial charge in [0.2, 0.25) is 0 Å². The summed E-state index contributed by atoms with van der Waals surface area (Å²) in [6.45, 7) is 5.26. The molecule has 0 atom stereocenters. The third-order valence-electron chi connectivity index (χ3n) is 4.81. The van der Waals surface area contributed by atoms with Crippen LogP contribution >= 0.6 is 0 Å². The molecule has 2 aromatic carbocycles. The normalized spacial score (nSPS) is 11.8. The van der Waals surface area contributed by atoms with Gasteiger partial charge in [0.05, 0.1) is 11.3 Å². The Kier molecular flexibility index (Phi) is 6.35. The zero-order valence-corrected chi connectivity index (χ0v) is 19.4. The Hall–Kier alpha value is -4.48. The molecule has 2 N–H and O–H groups in total. The van der Waals surface area contributed by atoms with Gasteiger partial charge in [0, 0.05) is 17.4 Å². The number of hydrogen-bond acceptors (Lipinski definition) is 6. The molecule has 9 nitrogen and oxygen atoms in total. The molecule has 2 amide bonds. The van der Waals surface area contributed by atoms with E-state index in [0.29, 0.717) is 17.1 Å². The standard InChI is InChI=1S/C24H21F3N6O3/c1-23(2,3)36-21(34)16-12-13-28-33-19(31-32-20(16)33)14-8-10-15(11-9-14)29-22(35)30-18-7-5-4-6-17(18)24(25,26)27/h4-13H,1-3H3,(H2,29,30,35). The van der Waals surface area contributed by atoms with E-state index in [9.17, 15) is 22.8 Å². The monoisotopic (exact) mass is 498 g/mol. The first-order valence-corrected chi connectivity index (χ1v) is 10.7. The van der Waals surface area contributed by atoms with Gasteiger partial charge in [-0.25, -0.2) is 9.59 Å². The Balaban J connectivity index is 1.52. The highest BCUT2D eigenvalue weighted by atomic mass is 19.4. The number of anilines is 2. The minimum Gasteiger partial charge on any atom is -0.456 e. The van der Waals surface area contributed by atoms with Crippen molar-refractivity contribution in [2.45, 2.75) is 32.5 Å². The summed E-state index contributed by atoms with van der Waals surface area (Å²) in [6, 6.07) is 11.7. The van der Waals surface area contributed by atoms with Gasteiger partial charge in [-0.05, 0) is 63.2 Å². The molecule has 0 saturated heterocycles. The van der Waals surface area contributed by atoms with Crippen LogP contribution in [-0.4, -0.2) is 37.4 Å². The number of nitrogens with zero attached hydrogens (tertiary/aromatic N) is 4. The third kappa shape index (κ3) is 5.43. The number of aromatic nitrogens is 4. The molecular weight excluding hydrogens is 477 g/mol. The lowest BCUT2D eigenvalue weighted by Crippen LogP contribution is -2.24. The van der Waals surface area contributed by atoms with Crippen molar-refractivity contribution in [2.24, 2.45) is 0 Å². The molecule has 0 saturated carbocycles. The molecular formula is C24H21F3N6O3. The molecule has 186 valence electrons. The molecule has 36 heavy (non-hydrogen) atoms. The average molecular weight is 498 g/mol.